The SMILES string of the molecule is COc1ccccc1COCCCOc1ccc(C2C(OCc3ccccn3)CN(C(=O)O)CC2OCc2ccccn2)cc1. The van der Waals surface area contributed by atoms with Gasteiger partial charge in [-0.05, 0) is 48.0 Å². The highest BCUT2D eigenvalue weighted by atomic mass is 16.5. The molecule has 1 amide bonds. The van der Waals surface area contributed by atoms with Crippen LogP contribution in [0, 0.1) is 0 Å². The van der Waals surface area contributed by atoms with Crippen molar-refractivity contribution in [3.05, 3.63) is 120 Å². The second-order valence-electron chi connectivity index (χ2n) is 10.7. The number of rotatable bonds is 15. The first-order valence-corrected chi connectivity index (χ1v) is 15.0. The summed E-state index contributed by atoms with van der Waals surface area (Å²) in [5.41, 5.74) is 3.52. The molecule has 2 unspecified atom stereocenters. The van der Waals surface area contributed by atoms with Gasteiger partial charge in [0.1, 0.15) is 11.5 Å². The maximum atomic E-state index is 12.1. The number of carbonyl (C=O) groups is 1. The van der Waals surface area contributed by atoms with Crippen molar-refractivity contribution >= 4 is 6.09 Å². The van der Waals surface area contributed by atoms with Crippen molar-refractivity contribution in [3.8, 4) is 11.5 Å². The molecule has 4 aromatic rings. The summed E-state index contributed by atoms with van der Waals surface area (Å²) in [5, 5.41) is 9.91. The molecule has 2 aromatic carbocycles. The highest BCUT2D eigenvalue weighted by Crippen LogP contribution is 2.35. The summed E-state index contributed by atoms with van der Waals surface area (Å²) in [6, 6.07) is 26.9. The maximum absolute atomic E-state index is 12.1. The topological polar surface area (TPSA) is 112 Å². The molecule has 10 nitrogen and oxygen atoms in total. The molecule has 1 saturated heterocycles. The van der Waals surface area contributed by atoms with Crippen LogP contribution in [0.2, 0.25) is 0 Å². The summed E-state index contributed by atoms with van der Waals surface area (Å²) in [6.45, 7) is 2.47. The minimum absolute atomic E-state index is 0.212. The molecule has 1 aliphatic heterocycles. The lowest BCUT2D eigenvalue weighted by Gasteiger charge is -2.42. The number of piperidine rings is 1. The van der Waals surface area contributed by atoms with E-state index in [-0.39, 0.29) is 32.2 Å². The van der Waals surface area contributed by atoms with Crippen molar-refractivity contribution in [1.82, 2.24) is 14.9 Å². The highest BCUT2D eigenvalue weighted by molar-refractivity contribution is 5.65. The third-order valence-electron chi connectivity index (χ3n) is 7.63. The number of methoxy groups -OCH3 is 1. The minimum Gasteiger partial charge on any atom is -0.496 e. The number of hydrogen-bond acceptors (Lipinski definition) is 8. The van der Waals surface area contributed by atoms with E-state index in [1.54, 1.807) is 19.5 Å². The van der Waals surface area contributed by atoms with E-state index < -0.39 is 18.3 Å². The summed E-state index contributed by atoms with van der Waals surface area (Å²) < 4.78 is 29.9. The van der Waals surface area contributed by atoms with Gasteiger partial charge < -0.3 is 33.7 Å². The van der Waals surface area contributed by atoms with Crippen LogP contribution in [-0.4, -0.2) is 71.7 Å². The number of hydrogen-bond donors (Lipinski definition) is 1. The highest BCUT2D eigenvalue weighted by Gasteiger charge is 2.41. The average Bonchev–Trinajstić information content (AvgIpc) is 3.09. The van der Waals surface area contributed by atoms with Crippen molar-refractivity contribution in [2.45, 2.75) is 44.4 Å². The predicted molar refractivity (Wildman–Crippen MR) is 167 cm³/mol. The van der Waals surface area contributed by atoms with Crippen molar-refractivity contribution < 1.29 is 33.6 Å². The lowest BCUT2D eigenvalue weighted by molar-refractivity contribution is -0.0946. The number of aromatic nitrogens is 2. The fraction of sp³-hybridized carbons (Fsp3) is 0.343. The second-order valence-corrected chi connectivity index (χ2v) is 10.7. The Morgan fingerprint density at radius 3 is 2.00 bits per heavy atom. The Morgan fingerprint density at radius 1 is 0.800 bits per heavy atom. The van der Waals surface area contributed by atoms with Gasteiger partial charge in [-0.2, -0.15) is 0 Å². The van der Waals surface area contributed by atoms with E-state index in [9.17, 15) is 9.90 Å². The minimum atomic E-state index is -1.01. The van der Waals surface area contributed by atoms with Gasteiger partial charge in [0.15, 0.2) is 0 Å². The van der Waals surface area contributed by atoms with Crippen LogP contribution in [0.15, 0.2) is 97.3 Å². The largest absolute Gasteiger partial charge is 0.496 e. The van der Waals surface area contributed by atoms with Gasteiger partial charge in [-0.15, -0.1) is 0 Å². The zero-order valence-corrected chi connectivity index (χ0v) is 25.4. The molecular formula is C35H39N3O7. The average molecular weight is 614 g/mol. The molecule has 0 saturated carbocycles. The quantitative estimate of drug-likeness (QED) is 0.168. The van der Waals surface area contributed by atoms with E-state index in [1.165, 1.54) is 4.90 Å². The van der Waals surface area contributed by atoms with Gasteiger partial charge in [0, 0.05) is 30.3 Å². The molecule has 45 heavy (non-hydrogen) atoms. The summed E-state index contributed by atoms with van der Waals surface area (Å²) in [7, 11) is 1.65. The molecule has 0 radical (unpaired) electrons. The Labute approximate surface area is 263 Å². The van der Waals surface area contributed by atoms with Crippen molar-refractivity contribution in [3.63, 3.8) is 0 Å². The lowest BCUT2D eigenvalue weighted by atomic mass is 9.84. The Bertz CT molecular complexity index is 1400. The summed E-state index contributed by atoms with van der Waals surface area (Å²) >= 11 is 0. The van der Waals surface area contributed by atoms with E-state index in [1.807, 2.05) is 84.9 Å². The first-order chi connectivity index (χ1) is 22.1. The zero-order chi connectivity index (χ0) is 31.3. The molecule has 1 fully saturated rings. The first kappa shape index (κ1) is 31.9. The fourth-order valence-electron chi connectivity index (χ4n) is 5.37. The van der Waals surface area contributed by atoms with Crippen molar-refractivity contribution in [2.24, 2.45) is 0 Å². The van der Waals surface area contributed by atoms with Gasteiger partial charge in [0.25, 0.3) is 0 Å². The van der Waals surface area contributed by atoms with Crippen LogP contribution in [0.4, 0.5) is 4.79 Å². The van der Waals surface area contributed by atoms with Crippen LogP contribution < -0.4 is 9.47 Å². The lowest BCUT2D eigenvalue weighted by Crippen LogP contribution is -2.54. The summed E-state index contributed by atoms with van der Waals surface area (Å²) in [6.07, 6.45) is 2.23. The predicted octanol–water partition coefficient (Wildman–Crippen LogP) is 5.72. The third kappa shape index (κ3) is 9.24. The van der Waals surface area contributed by atoms with Gasteiger partial charge in [-0.1, -0.05) is 42.5 Å². The molecule has 3 heterocycles. The van der Waals surface area contributed by atoms with E-state index in [4.69, 9.17) is 23.7 Å². The Hall–Kier alpha value is -4.51. The molecular weight excluding hydrogens is 574 g/mol. The summed E-state index contributed by atoms with van der Waals surface area (Å²) in [5.74, 6) is 1.32. The Morgan fingerprint density at radius 2 is 1.42 bits per heavy atom. The van der Waals surface area contributed by atoms with Gasteiger partial charge >= 0.3 is 6.09 Å². The van der Waals surface area contributed by atoms with Crippen LogP contribution >= 0.6 is 0 Å². The molecule has 10 heteroatoms. The smallest absolute Gasteiger partial charge is 0.407 e. The number of amides is 1. The maximum Gasteiger partial charge on any atom is 0.407 e. The molecule has 236 valence electrons. The van der Waals surface area contributed by atoms with Gasteiger partial charge in [-0.3, -0.25) is 9.97 Å². The second kappa shape index (κ2) is 16.5. The Balaban J connectivity index is 1.23. The van der Waals surface area contributed by atoms with E-state index >= 15 is 0 Å². The molecule has 2 aromatic heterocycles. The number of nitrogens with zero attached hydrogens (tertiary/aromatic N) is 3. The van der Waals surface area contributed by atoms with Crippen molar-refractivity contribution in [2.75, 3.05) is 33.4 Å². The fourth-order valence-corrected chi connectivity index (χ4v) is 5.37. The van der Waals surface area contributed by atoms with Crippen LogP contribution in [0.1, 0.15) is 34.9 Å². The van der Waals surface area contributed by atoms with Gasteiger partial charge in [-0.25, -0.2) is 4.79 Å². The van der Waals surface area contributed by atoms with Crippen LogP contribution in [0.3, 0.4) is 0 Å². The Kier molecular flexibility index (Phi) is 11.7. The number of para-hydroxylation sites is 1. The molecule has 1 N–H and O–H groups in total. The monoisotopic (exact) mass is 613 g/mol. The number of pyridine rings is 2. The molecule has 0 aliphatic carbocycles. The van der Waals surface area contributed by atoms with Crippen LogP contribution in [0.5, 0.6) is 11.5 Å². The van der Waals surface area contributed by atoms with E-state index in [0.717, 1.165) is 40.4 Å². The molecule has 0 spiro atoms. The van der Waals surface area contributed by atoms with Crippen molar-refractivity contribution in [1.29, 1.82) is 0 Å². The third-order valence-corrected chi connectivity index (χ3v) is 7.63. The zero-order valence-electron chi connectivity index (χ0n) is 25.4. The van der Waals surface area contributed by atoms with Crippen LogP contribution in [-0.2, 0) is 34.0 Å². The first-order valence-electron chi connectivity index (χ1n) is 15.0. The molecule has 0 bridgehead atoms. The van der Waals surface area contributed by atoms with Gasteiger partial charge in [0.05, 0.1) is 76.8 Å². The number of likely N-dealkylation sites (tertiary alicyclic amines) is 1. The molecule has 1 aliphatic rings. The molecule has 5 rings (SSSR count). The number of ether oxygens (including phenoxy) is 5. The van der Waals surface area contributed by atoms with E-state index in [2.05, 4.69) is 9.97 Å². The van der Waals surface area contributed by atoms with E-state index in [0.29, 0.717) is 19.8 Å². The van der Waals surface area contributed by atoms with Gasteiger partial charge in [0.2, 0.25) is 0 Å². The number of benzene rings is 2. The van der Waals surface area contributed by atoms with Crippen LogP contribution in [0.25, 0.3) is 0 Å². The summed E-state index contributed by atoms with van der Waals surface area (Å²) in [4.78, 5) is 22.2. The molecule has 2 atom stereocenters. The normalized spacial score (nSPS) is 18.0. The number of carboxylic acid groups (broad SMARTS) is 1. The standard InChI is InChI=1S/C35H39N3O7/c1-41-31-12-3-2-9-27(31)23-42-19-8-20-43-30-15-13-26(14-16-30)34-32(44-24-28-10-4-6-17-36-28)21-38(35(39)40)22-33(34)45-25-29-11-5-7-18-37-29/h2-7,9-18,32-34H,8,19-25H2,1H3,(H,39,40).